The number of hydrogen-bond donors (Lipinski definition) is 2. The van der Waals surface area contributed by atoms with Gasteiger partial charge in [-0.05, 0) is 45.1 Å². The van der Waals surface area contributed by atoms with Gasteiger partial charge >= 0.3 is 0 Å². The SMILES string of the molecule is CC(=O)c1c(C)[nH]c(C(=O)N2CCC(CO)CC2)c1C. The van der Waals surface area contributed by atoms with Crippen LogP contribution in [0.25, 0.3) is 0 Å². The van der Waals surface area contributed by atoms with Crippen LogP contribution >= 0.6 is 0 Å². The predicted molar refractivity (Wildman–Crippen MR) is 76.0 cm³/mol. The first-order valence-corrected chi connectivity index (χ1v) is 7.06. The van der Waals surface area contributed by atoms with Crippen molar-refractivity contribution < 1.29 is 14.7 Å². The molecular weight excluding hydrogens is 256 g/mol. The van der Waals surface area contributed by atoms with Gasteiger partial charge in [-0.2, -0.15) is 0 Å². The maximum atomic E-state index is 12.5. The number of aliphatic hydroxyl groups is 1. The van der Waals surface area contributed by atoms with Crippen molar-refractivity contribution in [3.8, 4) is 0 Å². The van der Waals surface area contributed by atoms with Crippen LogP contribution < -0.4 is 0 Å². The summed E-state index contributed by atoms with van der Waals surface area (Å²) in [5.74, 6) is 0.238. The van der Waals surface area contributed by atoms with Gasteiger partial charge in [-0.15, -0.1) is 0 Å². The molecule has 1 fully saturated rings. The molecular formula is C15H22N2O3. The van der Waals surface area contributed by atoms with Crippen LogP contribution in [0.3, 0.4) is 0 Å². The van der Waals surface area contributed by atoms with E-state index in [1.165, 1.54) is 6.92 Å². The zero-order chi connectivity index (χ0) is 14.9. The number of H-pyrrole nitrogens is 1. The minimum absolute atomic E-state index is 0.0192. The minimum Gasteiger partial charge on any atom is -0.396 e. The van der Waals surface area contributed by atoms with Crippen molar-refractivity contribution in [1.29, 1.82) is 0 Å². The average molecular weight is 278 g/mol. The number of aromatic nitrogens is 1. The largest absolute Gasteiger partial charge is 0.396 e. The quantitative estimate of drug-likeness (QED) is 0.826. The highest BCUT2D eigenvalue weighted by Gasteiger charge is 2.27. The number of carbonyl (C=O) groups excluding carboxylic acids is 2. The fraction of sp³-hybridized carbons (Fsp3) is 0.600. The molecule has 1 aliphatic heterocycles. The van der Waals surface area contributed by atoms with Crippen molar-refractivity contribution in [3.05, 3.63) is 22.5 Å². The van der Waals surface area contributed by atoms with Crippen molar-refractivity contribution in [2.45, 2.75) is 33.6 Å². The van der Waals surface area contributed by atoms with Gasteiger partial charge in [0.15, 0.2) is 5.78 Å². The first-order valence-electron chi connectivity index (χ1n) is 7.06. The number of piperidine rings is 1. The van der Waals surface area contributed by atoms with E-state index in [1.807, 2.05) is 13.8 Å². The number of ketones is 1. The monoisotopic (exact) mass is 278 g/mol. The molecule has 110 valence electrons. The molecule has 0 unspecified atom stereocenters. The number of rotatable bonds is 3. The first-order chi connectivity index (χ1) is 9.45. The fourth-order valence-electron chi connectivity index (χ4n) is 2.97. The van der Waals surface area contributed by atoms with E-state index < -0.39 is 0 Å². The maximum Gasteiger partial charge on any atom is 0.270 e. The Morgan fingerprint density at radius 3 is 2.35 bits per heavy atom. The number of nitrogens with zero attached hydrogens (tertiary/aromatic N) is 1. The second kappa shape index (κ2) is 5.79. The molecule has 5 heteroatoms. The number of aliphatic hydroxyl groups excluding tert-OH is 1. The van der Waals surface area contributed by atoms with Gasteiger partial charge < -0.3 is 15.0 Å². The van der Waals surface area contributed by atoms with E-state index in [1.54, 1.807) is 4.90 Å². The lowest BCUT2D eigenvalue weighted by Crippen LogP contribution is -2.39. The van der Waals surface area contributed by atoms with E-state index in [-0.39, 0.29) is 18.3 Å². The molecule has 0 spiro atoms. The number of aromatic amines is 1. The highest BCUT2D eigenvalue weighted by Crippen LogP contribution is 2.23. The van der Waals surface area contributed by atoms with Crippen LogP contribution in [-0.2, 0) is 0 Å². The molecule has 0 atom stereocenters. The number of likely N-dealkylation sites (tertiary alicyclic amines) is 1. The molecule has 1 aromatic rings. The molecule has 5 nitrogen and oxygen atoms in total. The van der Waals surface area contributed by atoms with Gasteiger partial charge in [0, 0.05) is 31.0 Å². The average Bonchev–Trinajstić information content (AvgIpc) is 2.73. The summed E-state index contributed by atoms with van der Waals surface area (Å²) in [6.07, 6.45) is 1.67. The number of carbonyl (C=O) groups is 2. The van der Waals surface area contributed by atoms with Gasteiger partial charge in [0.1, 0.15) is 5.69 Å². The molecule has 0 aliphatic carbocycles. The second-order valence-electron chi connectivity index (χ2n) is 5.60. The van der Waals surface area contributed by atoms with Crippen LogP contribution in [0.2, 0.25) is 0 Å². The van der Waals surface area contributed by atoms with E-state index >= 15 is 0 Å². The highest BCUT2D eigenvalue weighted by molar-refractivity contribution is 6.02. The Hall–Kier alpha value is -1.62. The molecule has 1 aliphatic rings. The normalized spacial score (nSPS) is 16.5. The Morgan fingerprint density at radius 2 is 1.90 bits per heavy atom. The third-order valence-corrected chi connectivity index (χ3v) is 4.16. The smallest absolute Gasteiger partial charge is 0.270 e. The molecule has 2 N–H and O–H groups in total. The topological polar surface area (TPSA) is 73.4 Å². The zero-order valence-corrected chi connectivity index (χ0v) is 12.3. The highest BCUT2D eigenvalue weighted by atomic mass is 16.3. The molecule has 0 radical (unpaired) electrons. The zero-order valence-electron chi connectivity index (χ0n) is 12.3. The molecule has 20 heavy (non-hydrogen) atoms. The maximum absolute atomic E-state index is 12.5. The van der Waals surface area contributed by atoms with E-state index in [0.29, 0.717) is 30.3 Å². The number of hydrogen-bond acceptors (Lipinski definition) is 3. The third kappa shape index (κ3) is 2.63. The lowest BCUT2D eigenvalue weighted by Gasteiger charge is -2.31. The Morgan fingerprint density at radius 1 is 1.30 bits per heavy atom. The van der Waals surface area contributed by atoms with E-state index in [0.717, 1.165) is 24.1 Å². The van der Waals surface area contributed by atoms with Gasteiger partial charge in [-0.1, -0.05) is 0 Å². The second-order valence-corrected chi connectivity index (χ2v) is 5.60. The summed E-state index contributed by atoms with van der Waals surface area (Å²) >= 11 is 0. The minimum atomic E-state index is -0.0468. The Bertz CT molecular complexity index is 525. The molecule has 0 saturated carbocycles. The van der Waals surface area contributed by atoms with Crippen molar-refractivity contribution in [2.75, 3.05) is 19.7 Å². The van der Waals surface area contributed by atoms with Gasteiger partial charge in [0.2, 0.25) is 0 Å². The standard InChI is InChI=1S/C15H22N2O3/c1-9-13(11(3)19)10(2)16-14(9)15(20)17-6-4-12(8-18)5-7-17/h12,16,18H,4-8H2,1-3H3. The fourth-order valence-corrected chi connectivity index (χ4v) is 2.97. The Kier molecular flexibility index (Phi) is 4.28. The molecule has 1 aromatic heterocycles. The summed E-state index contributed by atoms with van der Waals surface area (Å²) in [5.41, 5.74) is 2.64. The van der Waals surface area contributed by atoms with Crippen molar-refractivity contribution in [2.24, 2.45) is 5.92 Å². The summed E-state index contributed by atoms with van der Waals surface area (Å²) < 4.78 is 0. The lowest BCUT2D eigenvalue weighted by atomic mass is 9.97. The molecule has 0 aromatic carbocycles. The van der Waals surface area contributed by atoms with Crippen molar-refractivity contribution >= 4 is 11.7 Å². The Labute approximate surface area is 119 Å². The summed E-state index contributed by atoms with van der Waals surface area (Å²) in [6, 6.07) is 0. The molecule has 1 saturated heterocycles. The van der Waals surface area contributed by atoms with Crippen LogP contribution in [0.1, 0.15) is 51.9 Å². The van der Waals surface area contributed by atoms with Crippen LogP contribution in [0.5, 0.6) is 0 Å². The number of Topliss-reactive ketones (excluding diaryl/α,β-unsaturated/α-hetero) is 1. The van der Waals surface area contributed by atoms with Gasteiger partial charge in [-0.25, -0.2) is 0 Å². The van der Waals surface area contributed by atoms with E-state index in [2.05, 4.69) is 4.98 Å². The van der Waals surface area contributed by atoms with Gasteiger partial charge in [0.25, 0.3) is 5.91 Å². The predicted octanol–water partition coefficient (Wildman–Crippen LogP) is 1.68. The van der Waals surface area contributed by atoms with E-state index in [4.69, 9.17) is 5.11 Å². The first kappa shape index (κ1) is 14.8. The van der Waals surface area contributed by atoms with Crippen LogP contribution in [0, 0.1) is 19.8 Å². The summed E-state index contributed by atoms with van der Waals surface area (Å²) in [4.78, 5) is 29.0. The van der Waals surface area contributed by atoms with Crippen molar-refractivity contribution in [3.63, 3.8) is 0 Å². The molecule has 2 rings (SSSR count). The lowest BCUT2D eigenvalue weighted by molar-refractivity contribution is 0.0645. The number of nitrogens with one attached hydrogen (secondary N) is 1. The number of amides is 1. The van der Waals surface area contributed by atoms with Crippen molar-refractivity contribution in [1.82, 2.24) is 9.88 Å². The third-order valence-electron chi connectivity index (χ3n) is 4.16. The number of aryl methyl sites for hydroxylation is 1. The summed E-state index contributed by atoms with van der Waals surface area (Å²) in [5, 5.41) is 9.13. The van der Waals surface area contributed by atoms with Crippen LogP contribution in [-0.4, -0.2) is 46.4 Å². The van der Waals surface area contributed by atoms with Crippen LogP contribution in [0.15, 0.2) is 0 Å². The van der Waals surface area contributed by atoms with E-state index in [9.17, 15) is 9.59 Å². The molecule has 0 bridgehead atoms. The van der Waals surface area contributed by atoms with Gasteiger partial charge in [0.05, 0.1) is 0 Å². The Balaban J connectivity index is 2.18. The molecule has 2 heterocycles. The molecule has 1 amide bonds. The summed E-state index contributed by atoms with van der Waals surface area (Å²) in [6.45, 7) is 6.67. The summed E-state index contributed by atoms with van der Waals surface area (Å²) in [7, 11) is 0. The van der Waals surface area contributed by atoms with Gasteiger partial charge in [-0.3, -0.25) is 9.59 Å². The van der Waals surface area contributed by atoms with Crippen LogP contribution in [0.4, 0.5) is 0 Å².